The van der Waals surface area contributed by atoms with E-state index in [-0.39, 0.29) is 0 Å². The minimum Gasteiger partial charge on any atom is -0.497 e. The summed E-state index contributed by atoms with van der Waals surface area (Å²) < 4.78 is 22.9. The third-order valence-corrected chi connectivity index (χ3v) is 7.38. The predicted octanol–water partition coefficient (Wildman–Crippen LogP) is 5.43. The van der Waals surface area contributed by atoms with Crippen LogP contribution < -0.4 is 18.9 Å². The topological polar surface area (TPSA) is 56.0 Å². The lowest BCUT2D eigenvalue weighted by atomic mass is 9.85. The molecule has 0 bridgehead atoms. The lowest BCUT2D eigenvalue weighted by molar-refractivity contribution is 0.158. The molecule has 180 valence electrons. The number of H-pyrrole nitrogens is 1. The Morgan fingerprint density at radius 2 is 1.77 bits per heavy atom. The van der Waals surface area contributed by atoms with Gasteiger partial charge >= 0.3 is 0 Å². The monoisotopic (exact) mass is 470 g/mol. The highest BCUT2D eigenvalue weighted by atomic mass is 16.5. The Morgan fingerprint density at radius 3 is 2.60 bits per heavy atom. The first-order chi connectivity index (χ1) is 17.2. The number of fused-ring (bicyclic) bond motifs is 6. The summed E-state index contributed by atoms with van der Waals surface area (Å²) in [5, 5.41) is 1.26. The maximum Gasteiger partial charge on any atom is 0.162 e. The van der Waals surface area contributed by atoms with Gasteiger partial charge in [0, 0.05) is 35.7 Å². The first-order valence-corrected chi connectivity index (χ1v) is 12.0. The molecular formula is C29H30N2O4. The van der Waals surface area contributed by atoms with Crippen LogP contribution in [0.4, 0.5) is 0 Å². The minimum absolute atomic E-state index is 0.307. The minimum atomic E-state index is 0.307. The molecule has 6 rings (SSSR count). The van der Waals surface area contributed by atoms with Gasteiger partial charge in [0.15, 0.2) is 11.5 Å². The zero-order valence-corrected chi connectivity index (χ0v) is 20.4. The summed E-state index contributed by atoms with van der Waals surface area (Å²) in [4.78, 5) is 6.23. The van der Waals surface area contributed by atoms with Crippen LogP contribution in [0.5, 0.6) is 23.0 Å². The van der Waals surface area contributed by atoms with Gasteiger partial charge in [-0.25, -0.2) is 0 Å². The lowest BCUT2D eigenvalue weighted by Crippen LogP contribution is -2.39. The number of nitrogens with one attached hydrogen (secondary N) is 1. The molecule has 6 nitrogen and oxygen atoms in total. The van der Waals surface area contributed by atoms with Crippen LogP contribution in [0.1, 0.15) is 34.0 Å². The van der Waals surface area contributed by atoms with E-state index in [1.54, 1.807) is 21.3 Å². The largest absolute Gasteiger partial charge is 0.497 e. The maximum absolute atomic E-state index is 6.29. The van der Waals surface area contributed by atoms with Crippen LogP contribution in [0.25, 0.3) is 10.9 Å². The smallest absolute Gasteiger partial charge is 0.162 e. The van der Waals surface area contributed by atoms with E-state index in [4.69, 9.17) is 18.9 Å². The fraction of sp³-hybridized carbons (Fsp3) is 0.310. The Balaban J connectivity index is 1.33. The van der Waals surface area contributed by atoms with E-state index in [9.17, 15) is 0 Å². The lowest BCUT2D eigenvalue weighted by Gasteiger charge is -2.40. The Labute approximate surface area is 205 Å². The van der Waals surface area contributed by atoms with Crippen LogP contribution in [-0.2, 0) is 26.0 Å². The average Bonchev–Trinajstić information content (AvgIpc) is 3.26. The third-order valence-electron chi connectivity index (χ3n) is 7.38. The second kappa shape index (κ2) is 8.86. The van der Waals surface area contributed by atoms with Gasteiger partial charge in [-0.3, -0.25) is 4.90 Å². The van der Waals surface area contributed by atoms with Gasteiger partial charge in [-0.2, -0.15) is 0 Å². The van der Waals surface area contributed by atoms with Crippen molar-refractivity contribution in [2.75, 3.05) is 27.9 Å². The van der Waals surface area contributed by atoms with Crippen LogP contribution in [0.15, 0.2) is 54.6 Å². The van der Waals surface area contributed by atoms with E-state index in [2.05, 4.69) is 34.1 Å². The van der Waals surface area contributed by atoms with Crippen LogP contribution in [0.2, 0.25) is 0 Å². The Bertz CT molecular complexity index is 1390. The fourth-order valence-electron chi connectivity index (χ4n) is 5.56. The molecule has 0 saturated carbocycles. The van der Waals surface area contributed by atoms with Crippen molar-refractivity contribution in [1.29, 1.82) is 0 Å². The van der Waals surface area contributed by atoms with Crippen molar-refractivity contribution < 1.29 is 18.9 Å². The van der Waals surface area contributed by atoms with E-state index >= 15 is 0 Å². The molecule has 4 aromatic rings. The van der Waals surface area contributed by atoms with Gasteiger partial charge in [0.25, 0.3) is 0 Å². The van der Waals surface area contributed by atoms with Crippen LogP contribution in [0.3, 0.4) is 0 Å². The molecule has 0 fully saturated rings. The average molecular weight is 471 g/mol. The molecule has 1 unspecified atom stereocenters. The number of hydrogen-bond donors (Lipinski definition) is 1. The zero-order chi connectivity index (χ0) is 23.9. The van der Waals surface area contributed by atoms with Crippen molar-refractivity contribution in [3.05, 3.63) is 82.5 Å². The molecule has 3 aromatic carbocycles. The SMILES string of the molecule is COc1cccc(COc2cc3c(cc2OC)CCN2Cc4[nH]c5ccc(OC)cc5c4CC32)c1. The highest BCUT2D eigenvalue weighted by Crippen LogP contribution is 2.44. The summed E-state index contributed by atoms with van der Waals surface area (Å²) in [6.07, 6.45) is 1.96. The summed E-state index contributed by atoms with van der Waals surface area (Å²) in [6, 6.07) is 18.9. The van der Waals surface area contributed by atoms with Crippen LogP contribution in [0, 0.1) is 0 Å². The van der Waals surface area contributed by atoms with Crippen molar-refractivity contribution in [3.63, 3.8) is 0 Å². The number of rotatable bonds is 6. The quantitative estimate of drug-likeness (QED) is 0.407. The van der Waals surface area contributed by atoms with Gasteiger partial charge in [-0.05, 0) is 77.6 Å². The summed E-state index contributed by atoms with van der Waals surface area (Å²) in [7, 11) is 5.11. The highest BCUT2D eigenvalue weighted by Gasteiger charge is 2.34. The van der Waals surface area contributed by atoms with Crippen molar-refractivity contribution >= 4 is 10.9 Å². The van der Waals surface area contributed by atoms with Crippen molar-refractivity contribution in [2.45, 2.75) is 32.0 Å². The van der Waals surface area contributed by atoms with Crippen molar-refractivity contribution in [3.8, 4) is 23.0 Å². The first-order valence-electron chi connectivity index (χ1n) is 12.0. The normalized spacial score (nSPS) is 16.8. The standard InChI is InChI=1S/C29H30N2O4/c1-32-20-6-4-5-18(11-20)17-35-29-15-22-19(12-28(29)34-3)9-10-31-16-26-24(14-27(22)31)23-13-21(33-2)7-8-25(23)30-26/h4-8,11-13,15,27,30H,9-10,14,16-17H2,1-3H3. The van der Waals surface area contributed by atoms with Crippen molar-refractivity contribution in [2.24, 2.45) is 0 Å². The molecule has 0 spiro atoms. The second-order valence-electron chi connectivity index (χ2n) is 9.28. The summed E-state index contributed by atoms with van der Waals surface area (Å²) in [5.41, 5.74) is 7.62. The molecule has 1 atom stereocenters. The molecule has 1 aromatic heterocycles. The molecule has 2 aliphatic rings. The molecule has 0 aliphatic carbocycles. The Kier molecular flexibility index (Phi) is 5.53. The molecule has 0 radical (unpaired) electrons. The number of methoxy groups -OCH3 is 3. The number of nitrogens with zero attached hydrogens (tertiary/aromatic N) is 1. The highest BCUT2D eigenvalue weighted by molar-refractivity contribution is 5.86. The van der Waals surface area contributed by atoms with Crippen LogP contribution in [-0.4, -0.2) is 37.8 Å². The van der Waals surface area contributed by atoms with E-state index in [1.165, 1.54) is 33.3 Å². The molecule has 6 heteroatoms. The van der Waals surface area contributed by atoms with Gasteiger partial charge in [0.2, 0.25) is 0 Å². The molecule has 2 aliphatic heterocycles. The third kappa shape index (κ3) is 3.88. The molecule has 3 heterocycles. The predicted molar refractivity (Wildman–Crippen MR) is 136 cm³/mol. The Morgan fingerprint density at radius 1 is 0.914 bits per heavy atom. The zero-order valence-electron chi connectivity index (χ0n) is 20.4. The summed E-state index contributed by atoms with van der Waals surface area (Å²) in [5.74, 6) is 3.28. The summed E-state index contributed by atoms with van der Waals surface area (Å²) in [6.45, 7) is 2.40. The number of benzene rings is 3. The Hall–Kier alpha value is -3.64. The number of aromatic nitrogens is 1. The van der Waals surface area contributed by atoms with Gasteiger partial charge in [-0.1, -0.05) is 12.1 Å². The van der Waals surface area contributed by atoms with E-state index in [0.29, 0.717) is 12.6 Å². The molecule has 1 N–H and O–H groups in total. The maximum atomic E-state index is 6.29. The first kappa shape index (κ1) is 21.9. The number of aromatic amines is 1. The molecule has 35 heavy (non-hydrogen) atoms. The number of hydrogen-bond acceptors (Lipinski definition) is 5. The molecule has 0 saturated heterocycles. The molecular weight excluding hydrogens is 440 g/mol. The number of ether oxygens (including phenoxy) is 4. The summed E-state index contributed by atoms with van der Waals surface area (Å²) >= 11 is 0. The second-order valence-corrected chi connectivity index (χ2v) is 9.28. The van der Waals surface area contributed by atoms with Gasteiger partial charge in [0.1, 0.15) is 18.1 Å². The van der Waals surface area contributed by atoms with E-state index in [1.807, 2.05) is 30.3 Å². The molecule has 0 amide bonds. The van der Waals surface area contributed by atoms with Gasteiger partial charge in [0.05, 0.1) is 21.3 Å². The van der Waals surface area contributed by atoms with E-state index in [0.717, 1.165) is 54.5 Å². The van der Waals surface area contributed by atoms with Gasteiger partial charge in [-0.15, -0.1) is 0 Å². The van der Waals surface area contributed by atoms with E-state index < -0.39 is 0 Å². The fourth-order valence-corrected chi connectivity index (χ4v) is 5.56. The van der Waals surface area contributed by atoms with Crippen molar-refractivity contribution in [1.82, 2.24) is 9.88 Å². The van der Waals surface area contributed by atoms with Gasteiger partial charge < -0.3 is 23.9 Å². The van der Waals surface area contributed by atoms with Crippen LogP contribution >= 0.6 is 0 Å².